The van der Waals surface area contributed by atoms with E-state index in [0.717, 1.165) is 0 Å². The summed E-state index contributed by atoms with van der Waals surface area (Å²) in [5.41, 5.74) is 1.16. The Morgan fingerprint density at radius 3 is 1.87 bits per heavy atom. The summed E-state index contributed by atoms with van der Waals surface area (Å²) >= 11 is 5.91. The number of Topliss-reactive ketones (excluding diaryl/α,β-unsaturated/α-hetero) is 1. The standard InChI is InChI=1S/C24H27ClO5/c1-3-14-29-23(27)22(24(28)30-15-4-2)20(17-8-6-5-7-9-17)16-21(26)18-10-12-19(25)13-11-18/h5-13,20,22H,3-4,14-16H2,1-2H3/t20-/m1/s1. The molecule has 0 saturated carbocycles. The van der Waals surface area contributed by atoms with Crippen molar-refractivity contribution in [2.75, 3.05) is 13.2 Å². The highest BCUT2D eigenvalue weighted by Gasteiger charge is 2.39. The van der Waals surface area contributed by atoms with Crippen LogP contribution < -0.4 is 0 Å². The van der Waals surface area contributed by atoms with E-state index in [1.807, 2.05) is 19.9 Å². The van der Waals surface area contributed by atoms with Crippen LogP contribution in [0.1, 0.15) is 54.9 Å². The Morgan fingerprint density at radius 2 is 1.37 bits per heavy atom. The minimum atomic E-state index is -1.22. The first-order chi connectivity index (χ1) is 14.5. The second-order valence-corrected chi connectivity index (χ2v) is 7.40. The number of carbonyl (C=O) groups is 3. The van der Waals surface area contributed by atoms with Crippen LogP contribution in [0.3, 0.4) is 0 Å². The quantitative estimate of drug-likeness (QED) is 0.277. The zero-order valence-corrected chi connectivity index (χ0v) is 18.1. The maximum atomic E-state index is 13.0. The molecule has 2 rings (SSSR count). The Labute approximate surface area is 182 Å². The van der Waals surface area contributed by atoms with Crippen LogP contribution in [0.2, 0.25) is 5.02 Å². The fraction of sp³-hybridized carbons (Fsp3) is 0.375. The molecule has 0 aliphatic carbocycles. The zero-order chi connectivity index (χ0) is 21.9. The lowest BCUT2D eigenvalue weighted by Crippen LogP contribution is -2.34. The summed E-state index contributed by atoms with van der Waals surface area (Å²) in [6.07, 6.45) is 1.21. The number of hydrogen-bond acceptors (Lipinski definition) is 5. The van der Waals surface area contributed by atoms with E-state index < -0.39 is 23.8 Å². The molecular formula is C24H27ClO5. The van der Waals surface area contributed by atoms with Crippen LogP contribution >= 0.6 is 11.6 Å². The minimum absolute atomic E-state index is 0.0429. The number of halogens is 1. The molecule has 0 amide bonds. The number of rotatable bonds is 11. The van der Waals surface area contributed by atoms with Gasteiger partial charge in [-0.25, -0.2) is 0 Å². The van der Waals surface area contributed by atoms with Gasteiger partial charge in [0.15, 0.2) is 11.7 Å². The van der Waals surface area contributed by atoms with Crippen LogP contribution in [0.4, 0.5) is 0 Å². The van der Waals surface area contributed by atoms with E-state index >= 15 is 0 Å². The van der Waals surface area contributed by atoms with Gasteiger partial charge in [0, 0.05) is 22.9 Å². The van der Waals surface area contributed by atoms with Crippen LogP contribution in [-0.4, -0.2) is 30.9 Å². The maximum Gasteiger partial charge on any atom is 0.320 e. The molecule has 0 aliphatic heterocycles. The monoisotopic (exact) mass is 430 g/mol. The van der Waals surface area contributed by atoms with E-state index in [9.17, 15) is 14.4 Å². The highest BCUT2D eigenvalue weighted by molar-refractivity contribution is 6.30. The van der Waals surface area contributed by atoms with E-state index in [1.54, 1.807) is 48.5 Å². The fourth-order valence-corrected chi connectivity index (χ4v) is 3.22. The fourth-order valence-electron chi connectivity index (χ4n) is 3.09. The first-order valence-electron chi connectivity index (χ1n) is 10.1. The van der Waals surface area contributed by atoms with Crippen LogP contribution in [0.5, 0.6) is 0 Å². The van der Waals surface area contributed by atoms with Crippen molar-refractivity contribution in [1.82, 2.24) is 0 Å². The molecule has 0 radical (unpaired) electrons. The predicted molar refractivity (Wildman–Crippen MR) is 116 cm³/mol. The van der Waals surface area contributed by atoms with Crippen molar-refractivity contribution in [3.05, 3.63) is 70.7 Å². The van der Waals surface area contributed by atoms with Gasteiger partial charge in [0.2, 0.25) is 0 Å². The second-order valence-electron chi connectivity index (χ2n) is 6.96. The SMILES string of the molecule is CCCOC(=O)C(C(=O)OCCC)[C@H](CC(=O)c1ccc(Cl)cc1)c1ccccc1. The van der Waals surface area contributed by atoms with Gasteiger partial charge in [0.25, 0.3) is 0 Å². The topological polar surface area (TPSA) is 69.7 Å². The molecule has 0 aromatic heterocycles. The molecule has 0 heterocycles. The first-order valence-corrected chi connectivity index (χ1v) is 10.5. The first kappa shape index (κ1) is 23.6. The molecule has 0 N–H and O–H groups in total. The van der Waals surface area contributed by atoms with Crippen molar-refractivity contribution in [3.63, 3.8) is 0 Å². The Bertz CT molecular complexity index is 812. The molecule has 0 unspecified atom stereocenters. The van der Waals surface area contributed by atoms with Crippen molar-refractivity contribution in [2.45, 2.75) is 39.0 Å². The number of hydrogen-bond donors (Lipinski definition) is 0. The number of benzene rings is 2. The van der Waals surface area contributed by atoms with Crippen molar-refractivity contribution < 1.29 is 23.9 Å². The Hall–Kier alpha value is -2.66. The average molecular weight is 431 g/mol. The number of ether oxygens (including phenoxy) is 2. The zero-order valence-electron chi connectivity index (χ0n) is 17.3. The molecule has 0 fully saturated rings. The molecule has 160 valence electrons. The molecule has 2 aromatic rings. The van der Waals surface area contributed by atoms with E-state index in [2.05, 4.69) is 0 Å². The van der Waals surface area contributed by atoms with Gasteiger partial charge in [-0.2, -0.15) is 0 Å². The van der Waals surface area contributed by atoms with E-state index in [1.165, 1.54) is 0 Å². The largest absolute Gasteiger partial charge is 0.465 e. The van der Waals surface area contributed by atoms with Gasteiger partial charge in [0.05, 0.1) is 13.2 Å². The molecule has 0 aliphatic rings. The third-order valence-corrected chi connectivity index (χ3v) is 4.86. The molecule has 0 bridgehead atoms. The number of esters is 2. The third kappa shape index (κ3) is 6.70. The van der Waals surface area contributed by atoms with Gasteiger partial charge < -0.3 is 9.47 Å². The van der Waals surface area contributed by atoms with E-state index in [0.29, 0.717) is 29.0 Å². The van der Waals surface area contributed by atoms with Crippen molar-refractivity contribution in [3.8, 4) is 0 Å². The van der Waals surface area contributed by atoms with Crippen molar-refractivity contribution in [2.24, 2.45) is 5.92 Å². The molecule has 2 aromatic carbocycles. The lowest BCUT2D eigenvalue weighted by atomic mass is 9.81. The third-order valence-electron chi connectivity index (χ3n) is 4.61. The predicted octanol–water partition coefficient (Wildman–Crippen LogP) is 5.22. The maximum absolute atomic E-state index is 13.0. The Balaban J connectivity index is 2.39. The average Bonchev–Trinajstić information content (AvgIpc) is 2.76. The van der Waals surface area contributed by atoms with Gasteiger partial charge in [0.1, 0.15) is 0 Å². The van der Waals surface area contributed by atoms with Crippen LogP contribution in [-0.2, 0) is 19.1 Å². The summed E-state index contributed by atoms with van der Waals surface area (Å²) in [6.45, 7) is 4.14. The van der Waals surface area contributed by atoms with E-state index in [4.69, 9.17) is 21.1 Å². The van der Waals surface area contributed by atoms with Crippen molar-refractivity contribution >= 4 is 29.3 Å². The summed E-state index contributed by atoms with van der Waals surface area (Å²) in [4.78, 5) is 38.6. The molecule has 0 spiro atoms. The van der Waals surface area contributed by atoms with E-state index in [-0.39, 0.29) is 25.4 Å². The Morgan fingerprint density at radius 1 is 0.833 bits per heavy atom. The number of carbonyl (C=O) groups excluding carboxylic acids is 3. The molecule has 1 atom stereocenters. The van der Waals surface area contributed by atoms with Gasteiger partial charge in [-0.05, 0) is 42.7 Å². The van der Waals surface area contributed by atoms with Gasteiger partial charge in [-0.15, -0.1) is 0 Å². The lowest BCUT2D eigenvalue weighted by Gasteiger charge is -2.24. The second kappa shape index (κ2) is 12.1. The molecule has 30 heavy (non-hydrogen) atoms. The summed E-state index contributed by atoms with van der Waals surface area (Å²) < 4.78 is 10.6. The van der Waals surface area contributed by atoms with Crippen LogP contribution in [0.25, 0.3) is 0 Å². The summed E-state index contributed by atoms with van der Waals surface area (Å²) in [7, 11) is 0. The van der Waals surface area contributed by atoms with Gasteiger partial charge >= 0.3 is 11.9 Å². The summed E-state index contributed by atoms with van der Waals surface area (Å²) in [5, 5.41) is 0.523. The van der Waals surface area contributed by atoms with Gasteiger partial charge in [-0.3, -0.25) is 14.4 Å². The van der Waals surface area contributed by atoms with Crippen LogP contribution in [0, 0.1) is 5.92 Å². The highest BCUT2D eigenvalue weighted by atomic mass is 35.5. The minimum Gasteiger partial charge on any atom is -0.465 e. The molecule has 6 heteroatoms. The smallest absolute Gasteiger partial charge is 0.320 e. The molecule has 5 nitrogen and oxygen atoms in total. The Kier molecular flexibility index (Phi) is 9.55. The summed E-state index contributed by atoms with van der Waals surface area (Å²) in [6, 6.07) is 15.6. The number of ketones is 1. The molecular weight excluding hydrogens is 404 g/mol. The normalized spacial score (nSPS) is 11.7. The van der Waals surface area contributed by atoms with Crippen LogP contribution in [0.15, 0.2) is 54.6 Å². The lowest BCUT2D eigenvalue weighted by molar-refractivity contribution is -0.163. The van der Waals surface area contributed by atoms with Gasteiger partial charge in [-0.1, -0.05) is 55.8 Å². The molecule has 0 saturated heterocycles. The van der Waals surface area contributed by atoms with Crippen molar-refractivity contribution in [1.29, 1.82) is 0 Å². The summed E-state index contributed by atoms with van der Waals surface area (Å²) in [5.74, 6) is -3.46. The highest BCUT2D eigenvalue weighted by Crippen LogP contribution is 2.32.